The quantitative estimate of drug-likeness (QED) is 0.401. The van der Waals surface area contributed by atoms with Gasteiger partial charge in [-0.15, -0.1) is 11.8 Å². The third-order valence-corrected chi connectivity index (χ3v) is 7.30. The van der Waals surface area contributed by atoms with Gasteiger partial charge in [0.2, 0.25) is 0 Å². The number of para-hydroxylation sites is 1. The lowest BCUT2D eigenvalue weighted by Gasteiger charge is -2.23. The predicted molar refractivity (Wildman–Crippen MR) is 127 cm³/mol. The molecule has 1 aliphatic rings. The maximum absolute atomic E-state index is 13.5. The summed E-state index contributed by atoms with van der Waals surface area (Å²) in [5.41, 5.74) is 2.92. The Bertz CT molecular complexity index is 1010. The number of hydrogen-bond donors (Lipinski definition) is 0. The molecule has 0 aliphatic carbocycles. The van der Waals surface area contributed by atoms with Crippen LogP contribution in [0.15, 0.2) is 47.4 Å². The van der Waals surface area contributed by atoms with Gasteiger partial charge in [-0.3, -0.25) is 9.69 Å². The molecule has 30 heavy (non-hydrogen) atoms. The number of carbonyl (C=O) groups excluding carboxylic acids is 1. The second-order valence-electron chi connectivity index (χ2n) is 7.85. The number of carbonyl (C=O) groups is 1. The number of hydrogen-bond acceptors (Lipinski definition) is 5. The molecule has 1 atom stereocenters. The normalized spacial score (nSPS) is 16.5. The summed E-state index contributed by atoms with van der Waals surface area (Å²) in [6, 6.07) is 14.2. The van der Waals surface area contributed by atoms with Crippen molar-refractivity contribution in [2.45, 2.75) is 50.5 Å². The van der Waals surface area contributed by atoms with Crippen LogP contribution in [0, 0.1) is 0 Å². The molecule has 0 N–H and O–H groups in total. The van der Waals surface area contributed by atoms with Crippen molar-refractivity contribution in [2.75, 3.05) is 23.8 Å². The minimum Gasteiger partial charge on any atom is -0.376 e. The second-order valence-corrected chi connectivity index (χ2v) is 10.2. The first-order valence-corrected chi connectivity index (χ1v) is 12.4. The molecular weight excluding hydrogens is 412 g/mol. The molecule has 4 rings (SSSR count). The average molecular weight is 441 g/mol. The number of fused-ring (bicyclic) bond motifs is 1. The highest BCUT2D eigenvalue weighted by molar-refractivity contribution is 7.99. The van der Waals surface area contributed by atoms with Crippen LogP contribution in [0.2, 0.25) is 0 Å². The Balaban J connectivity index is 1.69. The largest absolute Gasteiger partial charge is 0.376 e. The number of aromatic nitrogens is 1. The van der Waals surface area contributed by atoms with Crippen LogP contribution in [-0.2, 0) is 4.74 Å². The maximum atomic E-state index is 13.5. The number of nitrogens with zero attached hydrogens (tertiary/aromatic N) is 2. The summed E-state index contributed by atoms with van der Waals surface area (Å²) in [5, 5.41) is 0.755. The molecule has 2 heterocycles. The molecule has 6 heteroatoms. The first kappa shape index (κ1) is 21.3. The van der Waals surface area contributed by atoms with Crippen LogP contribution >= 0.6 is 23.1 Å². The van der Waals surface area contributed by atoms with E-state index in [1.807, 2.05) is 29.2 Å². The first-order chi connectivity index (χ1) is 14.6. The zero-order valence-electron chi connectivity index (χ0n) is 17.8. The Labute approximate surface area is 186 Å². The molecule has 3 aromatic rings. The van der Waals surface area contributed by atoms with Crippen molar-refractivity contribution < 1.29 is 9.53 Å². The molecule has 2 aromatic carbocycles. The SMILES string of the molecule is CCSc1ccc(C(=O)N(CC2CCCO2)c2nc3c(C(C)C)cccc3s2)cc1. The van der Waals surface area contributed by atoms with E-state index >= 15 is 0 Å². The Morgan fingerprint density at radius 2 is 2.07 bits per heavy atom. The van der Waals surface area contributed by atoms with Gasteiger partial charge in [0.25, 0.3) is 5.91 Å². The lowest BCUT2D eigenvalue weighted by molar-refractivity contribution is 0.0917. The predicted octanol–water partition coefficient (Wildman–Crippen LogP) is 6.36. The molecule has 0 spiro atoms. The molecular formula is C24H28N2O2S2. The molecule has 1 saturated heterocycles. The molecule has 4 nitrogen and oxygen atoms in total. The van der Waals surface area contributed by atoms with E-state index in [1.54, 1.807) is 23.1 Å². The molecule has 0 bridgehead atoms. The molecule has 1 aliphatic heterocycles. The highest BCUT2D eigenvalue weighted by atomic mass is 32.2. The van der Waals surface area contributed by atoms with Gasteiger partial charge in [-0.25, -0.2) is 4.98 Å². The molecule has 1 fully saturated rings. The third kappa shape index (κ3) is 4.56. The average Bonchev–Trinajstić information content (AvgIpc) is 3.41. The zero-order valence-corrected chi connectivity index (χ0v) is 19.4. The Kier molecular flexibility index (Phi) is 6.76. The van der Waals surface area contributed by atoms with Gasteiger partial charge in [0, 0.05) is 17.1 Å². The number of anilines is 1. The van der Waals surface area contributed by atoms with Gasteiger partial charge in [-0.1, -0.05) is 44.2 Å². The second kappa shape index (κ2) is 9.50. The van der Waals surface area contributed by atoms with Crippen molar-refractivity contribution in [3.63, 3.8) is 0 Å². The van der Waals surface area contributed by atoms with E-state index in [9.17, 15) is 4.79 Å². The van der Waals surface area contributed by atoms with Gasteiger partial charge in [-0.2, -0.15) is 0 Å². The lowest BCUT2D eigenvalue weighted by Crippen LogP contribution is -2.37. The van der Waals surface area contributed by atoms with Crippen LogP contribution in [0.3, 0.4) is 0 Å². The van der Waals surface area contributed by atoms with Crippen molar-refractivity contribution in [3.05, 3.63) is 53.6 Å². The summed E-state index contributed by atoms with van der Waals surface area (Å²) in [4.78, 5) is 21.5. The minimum atomic E-state index is -0.0105. The summed E-state index contributed by atoms with van der Waals surface area (Å²) in [6.07, 6.45) is 2.10. The molecule has 1 aromatic heterocycles. The molecule has 0 radical (unpaired) electrons. The monoisotopic (exact) mass is 440 g/mol. The number of thiazole rings is 1. The third-order valence-electron chi connectivity index (χ3n) is 5.36. The number of ether oxygens (including phenoxy) is 1. The summed E-state index contributed by atoms with van der Waals surface area (Å²) in [7, 11) is 0. The highest BCUT2D eigenvalue weighted by Crippen LogP contribution is 2.35. The van der Waals surface area contributed by atoms with E-state index in [0.717, 1.165) is 40.5 Å². The van der Waals surface area contributed by atoms with Crippen molar-refractivity contribution in [2.24, 2.45) is 0 Å². The molecule has 158 valence electrons. The van der Waals surface area contributed by atoms with Crippen LogP contribution in [0.1, 0.15) is 55.5 Å². The van der Waals surface area contributed by atoms with Crippen LogP contribution < -0.4 is 4.90 Å². The van der Waals surface area contributed by atoms with Gasteiger partial charge in [0.15, 0.2) is 5.13 Å². The number of rotatable bonds is 7. The Hall–Kier alpha value is -1.89. The fourth-order valence-electron chi connectivity index (χ4n) is 3.80. The fourth-order valence-corrected chi connectivity index (χ4v) is 5.47. The highest BCUT2D eigenvalue weighted by Gasteiger charge is 2.27. The zero-order chi connectivity index (χ0) is 21.1. The van der Waals surface area contributed by atoms with E-state index in [4.69, 9.17) is 9.72 Å². The van der Waals surface area contributed by atoms with E-state index in [-0.39, 0.29) is 12.0 Å². The van der Waals surface area contributed by atoms with Crippen molar-refractivity contribution in [1.29, 1.82) is 0 Å². The molecule has 1 amide bonds. The summed E-state index contributed by atoms with van der Waals surface area (Å²) < 4.78 is 6.98. The van der Waals surface area contributed by atoms with Crippen molar-refractivity contribution >= 4 is 44.4 Å². The Morgan fingerprint density at radius 3 is 2.73 bits per heavy atom. The van der Waals surface area contributed by atoms with Crippen LogP contribution in [0.4, 0.5) is 5.13 Å². The first-order valence-electron chi connectivity index (χ1n) is 10.6. The van der Waals surface area contributed by atoms with Gasteiger partial charge in [0.05, 0.1) is 22.9 Å². The fraction of sp³-hybridized carbons (Fsp3) is 0.417. The van der Waals surface area contributed by atoms with E-state index in [2.05, 4.69) is 39.0 Å². The van der Waals surface area contributed by atoms with Crippen LogP contribution in [-0.4, -0.2) is 35.9 Å². The van der Waals surface area contributed by atoms with Gasteiger partial charge in [0.1, 0.15) is 0 Å². The van der Waals surface area contributed by atoms with E-state index in [1.165, 1.54) is 10.5 Å². The summed E-state index contributed by atoms with van der Waals surface area (Å²) in [6.45, 7) is 7.80. The Morgan fingerprint density at radius 1 is 1.27 bits per heavy atom. The van der Waals surface area contributed by atoms with Crippen molar-refractivity contribution in [3.8, 4) is 0 Å². The van der Waals surface area contributed by atoms with Crippen molar-refractivity contribution in [1.82, 2.24) is 4.98 Å². The molecule has 1 unspecified atom stereocenters. The minimum absolute atomic E-state index is 0.0105. The number of thioether (sulfide) groups is 1. The lowest BCUT2D eigenvalue weighted by atomic mass is 10.0. The van der Waals surface area contributed by atoms with Gasteiger partial charge >= 0.3 is 0 Å². The van der Waals surface area contributed by atoms with E-state index < -0.39 is 0 Å². The standard InChI is InChI=1S/C24H28N2O2S2/c1-4-29-19-12-10-17(11-13-19)23(27)26(15-18-7-6-14-28-18)24-25-22-20(16(2)3)8-5-9-21(22)30-24/h5,8-13,16,18H,4,6-7,14-15H2,1-3H3. The summed E-state index contributed by atoms with van der Waals surface area (Å²) >= 11 is 3.37. The number of amides is 1. The van der Waals surface area contributed by atoms with Gasteiger partial charge in [-0.05, 0) is 60.4 Å². The van der Waals surface area contributed by atoms with Crippen LogP contribution in [0.25, 0.3) is 10.2 Å². The topological polar surface area (TPSA) is 42.4 Å². The van der Waals surface area contributed by atoms with Crippen LogP contribution in [0.5, 0.6) is 0 Å². The molecule has 0 saturated carbocycles. The van der Waals surface area contributed by atoms with E-state index in [0.29, 0.717) is 18.0 Å². The number of benzene rings is 2. The van der Waals surface area contributed by atoms with Gasteiger partial charge < -0.3 is 4.74 Å². The smallest absolute Gasteiger partial charge is 0.260 e. The summed E-state index contributed by atoms with van der Waals surface area (Å²) in [5.74, 6) is 1.39. The maximum Gasteiger partial charge on any atom is 0.260 e.